The van der Waals surface area contributed by atoms with Crippen LogP contribution < -0.4 is 10.6 Å². The zero-order valence-corrected chi connectivity index (χ0v) is 17.3. The number of anilines is 1. The van der Waals surface area contributed by atoms with Gasteiger partial charge in [-0.2, -0.15) is 0 Å². The molecule has 0 saturated heterocycles. The zero-order valence-electron chi connectivity index (χ0n) is 17.3. The van der Waals surface area contributed by atoms with E-state index in [4.69, 9.17) is 0 Å². The van der Waals surface area contributed by atoms with Crippen LogP contribution in [-0.4, -0.2) is 44.7 Å². The molecule has 0 bridgehead atoms. The summed E-state index contributed by atoms with van der Waals surface area (Å²) in [5.41, 5.74) is 1.66. The van der Waals surface area contributed by atoms with Crippen molar-refractivity contribution < 1.29 is 18.7 Å². The molecule has 162 valence electrons. The quantitative estimate of drug-likeness (QED) is 0.670. The number of hydrogen-bond donors (Lipinski definition) is 3. The van der Waals surface area contributed by atoms with Crippen molar-refractivity contribution in [2.24, 2.45) is 0 Å². The Morgan fingerprint density at radius 1 is 1.33 bits per heavy atom. The SMILES string of the molecule is CC(C)Nc1ncc2c(n1)CN(C(=O)N[C@@H](c1cccc(CF)c1F)[C@@H](C)O)CC2. The predicted molar refractivity (Wildman–Crippen MR) is 109 cm³/mol. The summed E-state index contributed by atoms with van der Waals surface area (Å²) in [6, 6.07) is 3.00. The summed E-state index contributed by atoms with van der Waals surface area (Å²) in [5.74, 6) is -0.259. The van der Waals surface area contributed by atoms with E-state index in [1.807, 2.05) is 13.8 Å². The fourth-order valence-electron chi connectivity index (χ4n) is 3.43. The highest BCUT2D eigenvalue weighted by atomic mass is 19.1. The lowest BCUT2D eigenvalue weighted by Gasteiger charge is -2.31. The molecule has 2 atom stereocenters. The van der Waals surface area contributed by atoms with Crippen LogP contribution in [0.5, 0.6) is 0 Å². The first-order valence-corrected chi connectivity index (χ1v) is 9.98. The average molecular weight is 419 g/mol. The number of carbonyl (C=O) groups is 1. The van der Waals surface area contributed by atoms with E-state index in [0.29, 0.717) is 18.9 Å². The van der Waals surface area contributed by atoms with Crippen molar-refractivity contribution in [2.45, 2.75) is 58.6 Å². The van der Waals surface area contributed by atoms with Crippen LogP contribution in [0.3, 0.4) is 0 Å². The van der Waals surface area contributed by atoms with Crippen LogP contribution >= 0.6 is 0 Å². The Bertz CT molecular complexity index is 907. The average Bonchev–Trinajstić information content (AvgIpc) is 2.71. The van der Waals surface area contributed by atoms with Gasteiger partial charge in [0.1, 0.15) is 12.5 Å². The van der Waals surface area contributed by atoms with Crippen LogP contribution in [0.25, 0.3) is 0 Å². The summed E-state index contributed by atoms with van der Waals surface area (Å²) in [5, 5.41) is 16.0. The third-order valence-corrected chi connectivity index (χ3v) is 5.00. The number of hydrogen-bond acceptors (Lipinski definition) is 5. The third kappa shape index (κ3) is 4.84. The largest absolute Gasteiger partial charge is 0.391 e. The summed E-state index contributed by atoms with van der Waals surface area (Å²) in [6.07, 6.45) is 1.29. The third-order valence-electron chi connectivity index (χ3n) is 5.00. The number of halogens is 2. The molecule has 0 unspecified atom stereocenters. The van der Waals surface area contributed by atoms with Crippen molar-refractivity contribution in [3.63, 3.8) is 0 Å². The molecule has 0 aliphatic carbocycles. The standard InChI is InChI=1S/C21H27F2N5O2/c1-12(2)25-20-24-10-15-7-8-28(11-17(15)26-20)21(30)27-19(13(3)29)16-6-4-5-14(9-22)18(16)23/h4-6,10,12-13,19,29H,7-9,11H2,1-3H3,(H,27,30)(H,24,25,26)/t13-,19-/m1/s1. The number of nitrogens with one attached hydrogen (secondary N) is 2. The summed E-state index contributed by atoms with van der Waals surface area (Å²) >= 11 is 0. The van der Waals surface area contributed by atoms with Crippen molar-refractivity contribution in [3.05, 3.63) is 52.6 Å². The predicted octanol–water partition coefficient (Wildman–Crippen LogP) is 3.10. The Balaban J connectivity index is 1.76. The van der Waals surface area contributed by atoms with Gasteiger partial charge in [0.05, 0.1) is 24.4 Å². The fourth-order valence-corrected chi connectivity index (χ4v) is 3.43. The number of aromatic nitrogens is 2. The molecule has 1 aromatic carbocycles. The van der Waals surface area contributed by atoms with Gasteiger partial charge in [0.2, 0.25) is 5.95 Å². The highest BCUT2D eigenvalue weighted by Crippen LogP contribution is 2.25. The number of benzene rings is 1. The first kappa shape index (κ1) is 21.9. The van der Waals surface area contributed by atoms with Crippen LogP contribution in [0.4, 0.5) is 19.5 Å². The first-order chi connectivity index (χ1) is 14.3. The molecule has 1 aliphatic rings. The molecule has 0 spiro atoms. The first-order valence-electron chi connectivity index (χ1n) is 9.98. The number of rotatable bonds is 6. The number of nitrogens with zero attached hydrogens (tertiary/aromatic N) is 3. The Labute approximate surface area is 174 Å². The second kappa shape index (κ2) is 9.34. The van der Waals surface area contributed by atoms with Gasteiger partial charge >= 0.3 is 6.03 Å². The van der Waals surface area contributed by atoms with E-state index in [2.05, 4.69) is 20.6 Å². The molecular weight excluding hydrogens is 392 g/mol. The van der Waals surface area contributed by atoms with Crippen LogP contribution in [0.15, 0.2) is 24.4 Å². The van der Waals surface area contributed by atoms with Crippen LogP contribution in [0.2, 0.25) is 0 Å². The molecule has 9 heteroatoms. The summed E-state index contributed by atoms with van der Waals surface area (Å²) < 4.78 is 27.6. The van der Waals surface area contributed by atoms with Crippen molar-refractivity contribution in [1.29, 1.82) is 0 Å². The molecule has 30 heavy (non-hydrogen) atoms. The second-order valence-electron chi connectivity index (χ2n) is 7.76. The summed E-state index contributed by atoms with van der Waals surface area (Å²) in [4.78, 5) is 23.2. The van der Waals surface area contributed by atoms with Gasteiger partial charge in [0.25, 0.3) is 0 Å². The van der Waals surface area contributed by atoms with Crippen molar-refractivity contribution >= 4 is 12.0 Å². The maximum Gasteiger partial charge on any atom is 0.318 e. The molecule has 1 aliphatic heterocycles. The molecule has 2 amide bonds. The van der Waals surface area contributed by atoms with Gasteiger partial charge in [-0.15, -0.1) is 0 Å². The molecule has 0 radical (unpaired) electrons. The van der Waals surface area contributed by atoms with E-state index in [9.17, 15) is 18.7 Å². The summed E-state index contributed by atoms with van der Waals surface area (Å²) in [7, 11) is 0. The smallest absolute Gasteiger partial charge is 0.318 e. The highest BCUT2D eigenvalue weighted by Gasteiger charge is 2.28. The van der Waals surface area contributed by atoms with Crippen molar-refractivity contribution in [2.75, 3.05) is 11.9 Å². The fraction of sp³-hybridized carbons (Fsp3) is 0.476. The van der Waals surface area contributed by atoms with Gasteiger partial charge < -0.3 is 20.6 Å². The molecule has 1 aromatic heterocycles. The van der Waals surface area contributed by atoms with Crippen LogP contribution in [0, 0.1) is 5.82 Å². The van der Waals surface area contributed by atoms with Gasteiger partial charge in [-0.3, -0.25) is 0 Å². The lowest BCUT2D eigenvalue weighted by atomic mass is 9.99. The van der Waals surface area contributed by atoms with Crippen LogP contribution in [-0.2, 0) is 19.6 Å². The molecule has 0 fully saturated rings. The number of amides is 2. The molecule has 0 saturated carbocycles. The number of alkyl halides is 1. The van der Waals surface area contributed by atoms with E-state index in [1.54, 1.807) is 11.1 Å². The Morgan fingerprint density at radius 3 is 2.77 bits per heavy atom. The molecule has 2 heterocycles. The van der Waals surface area contributed by atoms with Gasteiger partial charge in [0, 0.05) is 29.9 Å². The monoisotopic (exact) mass is 419 g/mol. The van der Waals surface area contributed by atoms with Gasteiger partial charge in [-0.1, -0.05) is 18.2 Å². The lowest BCUT2D eigenvalue weighted by molar-refractivity contribution is 0.133. The topological polar surface area (TPSA) is 90.4 Å². The summed E-state index contributed by atoms with van der Waals surface area (Å²) in [6.45, 7) is 5.17. The van der Waals surface area contributed by atoms with Gasteiger partial charge in [0.15, 0.2) is 0 Å². The Kier molecular flexibility index (Phi) is 6.81. The minimum absolute atomic E-state index is 0.0525. The number of carbonyl (C=O) groups excluding carboxylic acids is 1. The molecule has 3 N–H and O–H groups in total. The molecular formula is C21H27F2N5O2. The van der Waals surface area contributed by atoms with E-state index < -0.39 is 30.7 Å². The van der Waals surface area contributed by atoms with E-state index in [1.165, 1.54) is 25.1 Å². The highest BCUT2D eigenvalue weighted by molar-refractivity contribution is 5.75. The number of urea groups is 1. The minimum atomic E-state index is -1.07. The molecule has 2 aromatic rings. The Hall–Kier alpha value is -2.81. The van der Waals surface area contributed by atoms with E-state index in [0.717, 1.165) is 11.3 Å². The van der Waals surface area contributed by atoms with Crippen LogP contribution in [0.1, 0.15) is 49.2 Å². The van der Waals surface area contributed by atoms with Gasteiger partial charge in [-0.05, 0) is 32.8 Å². The second-order valence-corrected chi connectivity index (χ2v) is 7.76. The normalized spacial score (nSPS) is 15.5. The lowest BCUT2D eigenvalue weighted by Crippen LogP contribution is -2.46. The maximum atomic E-state index is 14.6. The number of fused-ring (bicyclic) bond motifs is 1. The molecule has 3 rings (SSSR count). The zero-order chi connectivity index (χ0) is 21.8. The van der Waals surface area contributed by atoms with E-state index >= 15 is 0 Å². The number of aliphatic hydroxyl groups is 1. The maximum absolute atomic E-state index is 14.6. The number of aliphatic hydroxyl groups excluding tert-OH is 1. The molecule has 7 nitrogen and oxygen atoms in total. The van der Waals surface area contributed by atoms with Crippen molar-refractivity contribution in [1.82, 2.24) is 20.2 Å². The van der Waals surface area contributed by atoms with Crippen molar-refractivity contribution in [3.8, 4) is 0 Å². The Morgan fingerprint density at radius 2 is 2.10 bits per heavy atom. The van der Waals surface area contributed by atoms with Gasteiger partial charge in [-0.25, -0.2) is 23.5 Å². The minimum Gasteiger partial charge on any atom is -0.391 e. The van der Waals surface area contributed by atoms with E-state index in [-0.39, 0.29) is 23.7 Å².